The molecule has 6 atom stereocenters. The van der Waals surface area contributed by atoms with Gasteiger partial charge < -0.3 is 41.2 Å². The maximum atomic E-state index is 13.8. The molecule has 0 aliphatic carbocycles. The first kappa shape index (κ1) is 36.4. The largest absolute Gasteiger partial charge is 0.394 e. The van der Waals surface area contributed by atoms with Crippen molar-refractivity contribution in [3.8, 4) is 0 Å². The molecule has 0 spiro atoms. The van der Waals surface area contributed by atoms with Crippen molar-refractivity contribution >= 4 is 47.2 Å². The molecule has 2 aliphatic heterocycles. The topological polar surface area (TPSA) is 204 Å². The Balaban J connectivity index is 1.60. The molecular formula is C32H44N8O7S. The van der Waals surface area contributed by atoms with Gasteiger partial charge in [-0.1, -0.05) is 55.9 Å². The average Bonchev–Trinajstić information content (AvgIpc) is 3.66. The van der Waals surface area contributed by atoms with Gasteiger partial charge in [-0.25, -0.2) is 4.98 Å². The van der Waals surface area contributed by atoms with Crippen molar-refractivity contribution in [3.63, 3.8) is 0 Å². The van der Waals surface area contributed by atoms with E-state index in [1.54, 1.807) is 54.3 Å². The molecule has 1 aromatic carbocycles. The van der Waals surface area contributed by atoms with Gasteiger partial charge in [0.25, 0.3) is 0 Å². The van der Waals surface area contributed by atoms with E-state index >= 15 is 0 Å². The summed E-state index contributed by atoms with van der Waals surface area (Å²) in [6.07, 6.45) is 3.45. The molecule has 6 N–H and O–H groups in total. The Morgan fingerprint density at radius 3 is 2.40 bits per heavy atom. The van der Waals surface area contributed by atoms with Crippen LogP contribution in [0, 0.1) is 5.92 Å². The van der Waals surface area contributed by atoms with Crippen molar-refractivity contribution in [1.29, 1.82) is 0 Å². The van der Waals surface area contributed by atoms with Crippen LogP contribution in [-0.4, -0.2) is 104 Å². The number of nitrogens with one attached hydrogen (secondary N) is 5. The van der Waals surface area contributed by atoms with Gasteiger partial charge in [-0.15, -0.1) is 0 Å². The Bertz CT molecular complexity index is 1490. The van der Waals surface area contributed by atoms with Crippen molar-refractivity contribution in [1.82, 2.24) is 41.0 Å². The van der Waals surface area contributed by atoms with Crippen LogP contribution in [0.5, 0.6) is 0 Å². The lowest BCUT2D eigenvalue weighted by Crippen LogP contribution is -2.59. The minimum Gasteiger partial charge on any atom is -0.394 e. The highest BCUT2D eigenvalue weighted by Gasteiger charge is 2.43. The van der Waals surface area contributed by atoms with E-state index in [0.29, 0.717) is 10.7 Å². The molecule has 15 nitrogen and oxygen atoms in total. The number of fused-ring (bicyclic) bond motifs is 1. The zero-order valence-electron chi connectivity index (χ0n) is 27.5. The molecule has 2 aromatic rings. The maximum Gasteiger partial charge on any atom is 0.248 e. The molecule has 0 unspecified atom stereocenters. The summed E-state index contributed by atoms with van der Waals surface area (Å²) in [6.45, 7) is 4.38. The number of benzene rings is 1. The summed E-state index contributed by atoms with van der Waals surface area (Å²) in [6, 6.07) is 2.81. The lowest BCUT2D eigenvalue weighted by Gasteiger charge is -2.30. The minimum atomic E-state index is -1.43. The fourth-order valence-electron chi connectivity index (χ4n) is 5.73. The van der Waals surface area contributed by atoms with Gasteiger partial charge in [-0.2, -0.15) is 0 Å². The Morgan fingerprint density at radius 2 is 1.75 bits per heavy atom. The quantitative estimate of drug-likeness (QED) is 0.196. The maximum absolute atomic E-state index is 13.8. The summed E-state index contributed by atoms with van der Waals surface area (Å²) in [5.41, 5.74) is 0.651. The normalized spacial score (nSPS) is 26.0. The van der Waals surface area contributed by atoms with E-state index in [9.17, 15) is 33.9 Å². The number of nitrogens with zero attached hydrogens (tertiary/aromatic N) is 3. The predicted molar refractivity (Wildman–Crippen MR) is 176 cm³/mol. The third-order valence-corrected chi connectivity index (χ3v) is 9.24. The van der Waals surface area contributed by atoms with Gasteiger partial charge in [0.05, 0.1) is 24.8 Å². The summed E-state index contributed by atoms with van der Waals surface area (Å²) >= 11 is 1.23. The van der Waals surface area contributed by atoms with Gasteiger partial charge in [0.2, 0.25) is 35.4 Å². The van der Waals surface area contributed by atoms with Crippen molar-refractivity contribution in [2.24, 2.45) is 13.0 Å². The standard InChI is InChI=1S/C32H44N8O7S/c1-18(2)12-23-29(45)38-24(16-41)31(47)40-15-21(35-27(43)17-48-32-33-10-11-39(32)4)13-25(40)30(46)34-19(3)28(44)37-22(14-26(42)36-23)20-8-6-5-7-9-20/h5-11,18-19,21-25,41H,12-17H2,1-4H3,(H,34,46)(H,35,43)(H,36,42)(H,37,44)(H,38,45)/t19-,21-,22+,23-,24+,25-/m0/s1. The van der Waals surface area contributed by atoms with Gasteiger partial charge in [0, 0.05) is 32.0 Å². The number of thioether (sulfide) groups is 1. The van der Waals surface area contributed by atoms with Crippen LogP contribution in [-0.2, 0) is 35.8 Å². The highest BCUT2D eigenvalue weighted by Crippen LogP contribution is 2.22. The third-order valence-electron chi connectivity index (χ3n) is 8.18. The molecule has 4 rings (SSSR count). The van der Waals surface area contributed by atoms with Crippen molar-refractivity contribution in [2.75, 3.05) is 18.9 Å². The molecule has 0 saturated carbocycles. The smallest absolute Gasteiger partial charge is 0.248 e. The molecule has 2 fully saturated rings. The number of imidazole rings is 1. The fraction of sp³-hybridized carbons (Fsp3) is 0.531. The summed E-state index contributed by atoms with van der Waals surface area (Å²) in [5.74, 6) is -3.45. The predicted octanol–water partition coefficient (Wildman–Crippen LogP) is -0.628. The fourth-order valence-corrected chi connectivity index (χ4v) is 6.48. The molecule has 2 aliphatic rings. The van der Waals surface area contributed by atoms with Gasteiger partial charge in [-0.05, 0) is 31.2 Å². The summed E-state index contributed by atoms with van der Waals surface area (Å²) in [4.78, 5) is 85.8. The molecule has 6 amide bonds. The van der Waals surface area contributed by atoms with Crippen LogP contribution in [0.4, 0.5) is 0 Å². The second-order valence-corrected chi connectivity index (χ2v) is 13.5. The van der Waals surface area contributed by atoms with E-state index in [2.05, 4.69) is 31.6 Å². The van der Waals surface area contributed by atoms with Crippen molar-refractivity contribution in [3.05, 3.63) is 48.3 Å². The molecule has 16 heteroatoms. The second kappa shape index (κ2) is 16.6. The van der Waals surface area contributed by atoms with Crippen LogP contribution in [0.15, 0.2) is 47.9 Å². The number of aryl methyl sites for hydroxylation is 1. The van der Waals surface area contributed by atoms with Crippen LogP contribution >= 0.6 is 11.8 Å². The van der Waals surface area contributed by atoms with Crippen LogP contribution in [0.1, 0.15) is 51.6 Å². The van der Waals surface area contributed by atoms with Crippen molar-refractivity contribution in [2.45, 2.75) is 81.4 Å². The number of carbonyl (C=O) groups is 6. The number of aliphatic hydroxyl groups excluding tert-OH is 1. The average molecular weight is 685 g/mol. The zero-order valence-corrected chi connectivity index (χ0v) is 28.3. The van der Waals surface area contributed by atoms with E-state index in [1.807, 2.05) is 13.8 Å². The van der Waals surface area contributed by atoms with E-state index in [4.69, 9.17) is 0 Å². The SMILES string of the molecule is CC(C)C[C@@H]1NC(=O)C[C@H](c2ccccc2)NC(=O)[C@H](C)NC(=O)[C@@H]2C[C@H](NC(=O)CSc3nccn3C)CN2C(=O)[C@@H](CO)NC1=O. The third kappa shape index (κ3) is 9.56. The highest BCUT2D eigenvalue weighted by molar-refractivity contribution is 7.99. The first-order chi connectivity index (χ1) is 22.9. The second-order valence-electron chi connectivity index (χ2n) is 12.5. The molecule has 260 valence electrons. The van der Waals surface area contributed by atoms with E-state index in [0.717, 1.165) is 0 Å². The highest BCUT2D eigenvalue weighted by atomic mass is 32.2. The number of aliphatic hydroxyl groups is 1. The minimum absolute atomic E-state index is 0.0213. The molecule has 48 heavy (non-hydrogen) atoms. The van der Waals surface area contributed by atoms with E-state index in [1.165, 1.54) is 23.6 Å². The zero-order chi connectivity index (χ0) is 35.0. The molecular weight excluding hydrogens is 640 g/mol. The summed E-state index contributed by atoms with van der Waals surface area (Å²) in [7, 11) is 1.81. The van der Waals surface area contributed by atoms with E-state index < -0.39 is 72.4 Å². The van der Waals surface area contributed by atoms with Crippen LogP contribution in [0.3, 0.4) is 0 Å². The lowest BCUT2D eigenvalue weighted by atomic mass is 10.00. The van der Waals surface area contributed by atoms with Crippen LogP contribution in [0.2, 0.25) is 0 Å². The first-order valence-electron chi connectivity index (χ1n) is 15.9. The summed E-state index contributed by atoms with van der Waals surface area (Å²) in [5, 5.41) is 24.5. The van der Waals surface area contributed by atoms with Crippen molar-refractivity contribution < 1.29 is 33.9 Å². The number of hydrogen-bond donors (Lipinski definition) is 6. The molecule has 2 saturated heterocycles. The van der Waals surface area contributed by atoms with Gasteiger partial charge in [0.1, 0.15) is 24.2 Å². The number of rotatable bonds is 8. The number of carbonyl (C=O) groups excluding carboxylic acids is 6. The Hall–Kier alpha value is -4.44. The van der Waals surface area contributed by atoms with E-state index in [-0.39, 0.29) is 43.4 Å². The number of hydrogen-bond acceptors (Lipinski definition) is 9. The van der Waals surface area contributed by atoms with Gasteiger partial charge >= 0.3 is 0 Å². The Labute approximate surface area is 283 Å². The summed E-state index contributed by atoms with van der Waals surface area (Å²) < 4.78 is 1.77. The molecule has 0 radical (unpaired) electrons. The molecule has 3 heterocycles. The van der Waals surface area contributed by atoms with Gasteiger partial charge in [0.15, 0.2) is 5.16 Å². The first-order valence-corrected chi connectivity index (χ1v) is 16.9. The van der Waals surface area contributed by atoms with Crippen LogP contribution < -0.4 is 26.6 Å². The Kier molecular flexibility index (Phi) is 12.6. The number of amides is 6. The molecule has 1 aromatic heterocycles. The number of aromatic nitrogens is 2. The monoisotopic (exact) mass is 684 g/mol. The Morgan fingerprint density at radius 1 is 1.02 bits per heavy atom. The lowest BCUT2D eigenvalue weighted by molar-refractivity contribution is -0.143. The molecule has 0 bridgehead atoms. The van der Waals surface area contributed by atoms with Gasteiger partial charge in [-0.3, -0.25) is 28.8 Å². The van der Waals surface area contributed by atoms with Crippen LogP contribution in [0.25, 0.3) is 0 Å².